The molecule has 1 aliphatic carbocycles. The van der Waals surface area contributed by atoms with Crippen LogP contribution in [0.2, 0.25) is 0 Å². The van der Waals surface area contributed by atoms with Gasteiger partial charge in [-0.05, 0) is 68.7 Å². The molecule has 1 saturated carbocycles. The number of hydrogen-bond acceptors (Lipinski definition) is 3. The summed E-state index contributed by atoms with van der Waals surface area (Å²) in [4.78, 5) is 13.2. The smallest absolute Gasteiger partial charge is 0.303 e. The lowest BCUT2D eigenvalue weighted by atomic mass is 10.1. The van der Waals surface area contributed by atoms with Crippen molar-refractivity contribution in [3.05, 3.63) is 0 Å². The molecule has 0 aromatic carbocycles. The molecule has 3 nitrogen and oxygen atoms in total. The number of thioether (sulfide) groups is 1. The molecule has 2 aliphatic rings. The van der Waals surface area contributed by atoms with Gasteiger partial charge in [-0.25, -0.2) is 0 Å². The van der Waals surface area contributed by atoms with Crippen LogP contribution in [-0.2, 0) is 4.79 Å². The first-order chi connectivity index (χ1) is 8.20. The van der Waals surface area contributed by atoms with Crippen LogP contribution in [0.5, 0.6) is 0 Å². The molecule has 0 spiro atoms. The van der Waals surface area contributed by atoms with E-state index in [1.165, 1.54) is 44.6 Å². The van der Waals surface area contributed by atoms with Crippen LogP contribution in [0.25, 0.3) is 0 Å². The van der Waals surface area contributed by atoms with Gasteiger partial charge >= 0.3 is 5.97 Å². The Morgan fingerprint density at radius 2 is 2.00 bits per heavy atom. The second kappa shape index (κ2) is 6.10. The van der Waals surface area contributed by atoms with Crippen molar-refractivity contribution in [2.75, 3.05) is 31.1 Å². The van der Waals surface area contributed by atoms with Crippen LogP contribution in [0.4, 0.5) is 0 Å². The predicted molar refractivity (Wildman–Crippen MR) is 71.5 cm³/mol. The van der Waals surface area contributed by atoms with Gasteiger partial charge in [-0.3, -0.25) is 4.79 Å². The lowest BCUT2D eigenvalue weighted by Crippen LogP contribution is -2.21. The molecular formula is C13H23NO2S. The largest absolute Gasteiger partial charge is 0.481 e. The van der Waals surface area contributed by atoms with E-state index in [0.29, 0.717) is 6.42 Å². The van der Waals surface area contributed by atoms with E-state index in [9.17, 15) is 4.79 Å². The highest BCUT2D eigenvalue weighted by Gasteiger charge is 2.43. The Hall–Kier alpha value is -0.220. The van der Waals surface area contributed by atoms with E-state index in [0.717, 1.165) is 18.6 Å². The first kappa shape index (κ1) is 13.2. The van der Waals surface area contributed by atoms with E-state index in [1.807, 2.05) is 11.8 Å². The maximum Gasteiger partial charge on any atom is 0.303 e. The number of likely N-dealkylation sites (tertiary alicyclic amines) is 1. The van der Waals surface area contributed by atoms with Crippen molar-refractivity contribution < 1.29 is 9.90 Å². The van der Waals surface area contributed by atoms with Crippen LogP contribution < -0.4 is 0 Å². The molecule has 1 N–H and O–H groups in total. The Balaban J connectivity index is 1.49. The molecule has 0 amide bonds. The van der Waals surface area contributed by atoms with Crippen molar-refractivity contribution in [1.29, 1.82) is 0 Å². The second-order valence-electron chi connectivity index (χ2n) is 5.53. The summed E-state index contributed by atoms with van der Waals surface area (Å²) in [5.74, 6) is 1.62. The van der Waals surface area contributed by atoms with Gasteiger partial charge in [-0.2, -0.15) is 11.8 Å². The number of carboxylic acid groups (broad SMARTS) is 1. The molecule has 0 bridgehead atoms. The molecule has 0 atom stereocenters. The third kappa shape index (κ3) is 4.51. The van der Waals surface area contributed by atoms with Crippen LogP contribution in [0, 0.1) is 5.41 Å². The van der Waals surface area contributed by atoms with Crippen molar-refractivity contribution in [2.24, 2.45) is 5.41 Å². The summed E-state index contributed by atoms with van der Waals surface area (Å²) in [6, 6.07) is 0. The molecule has 1 aliphatic heterocycles. The maximum atomic E-state index is 10.7. The van der Waals surface area contributed by atoms with Gasteiger partial charge in [-0.1, -0.05) is 0 Å². The fraction of sp³-hybridized carbons (Fsp3) is 0.923. The minimum atomic E-state index is -0.625. The maximum absolute atomic E-state index is 10.7. The first-order valence-electron chi connectivity index (χ1n) is 6.72. The normalized spacial score (nSPS) is 22.8. The van der Waals surface area contributed by atoms with Gasteiger partial charge in [0.15, 0.2) is 0 Å². The van der Waals surface area contributed by atoms with E-state index in [-0.39, 0.29) is 5.41 Å². The molecular weight excluding hydrogens is 234 g/mol. The molecule has 0 unspecified atom stereocenters. The molecule has 4 heteroatoms. The Morgan fingerprint density at radius 3 is 2.59 bits per heavy atom. The van der Waals surface area contributed by atoms with Crippen molar-refractivity contribution in [3.63, 3.8) is 0 Å². The molecule has 1 heterocycles. The zero-order valence-electron chi connectivity index (χ0n) is 10.5. The number of carboxylic acids is 1. The van der Waals surface area contributed by atoms with Gasteiger partial charge in [0.1, 0.15) is 0 Å². The summed E-state index contributed by atoms with van der Waals surface area (Å²) in [5.41, 5.74) is 0.171. The highest BCUT2D eigenvalue weighted by molar-refractivity contribution is 7.99. The standard InChI is InChI=1S/C13H23NO2S/c15-12(16)10-13(4-5-13)11-17-9-3-8-14-6-1-2-7-14/h1-11H2,(H,15,16). The zero-order chi connectivity index (χ0) is 12.1. The van der Waals surface area contributed by atoms with Gasteiger partial charge in [0, 0.05) is 0 Å². The molecule has 98 valence electrons. The third-order valence-corrected chi connectivity index (χ3v) is 5.25. The number of nitrogens with zero attached hydrogens (tertiary/aromatic N) is 1. The third-order valence-electron chi connectivity index (χ3n) is 3.85. The summed E-state index contributed by atoms with van der Waals surface area (Å²) in [6.45, 7) is 3.81. The van der Waals surface area contributed by atoms with E-state index >= 15 is 0 Å². The highest BCUT2D eigenvalue weighted by atomic mass is 32.2. The van der Waals surface area contributed by atoms with Gasteiger partial charge < -0.3 is 10.0 Å². The van der Waals surface area contributed by atoms with Crippen molar-refractivity contribution in [2.45, 2.75) is 38.5 Å². The topological polar surface area (TPSA) is 40.5 Å². The van der Waals surface area contributed by atoms with Gasteiger partial charge in [0.05, 0.1) is 6.42 Å². The first-order valence-corrected chi connectivity index (χ1v) is 7.88. The number of rotatable bonds is 8. The minimum Gasteiger partial charge on any atom is -0.481 e. The predicted octanol–water partition coefficient (Wildman–Crippen LogP) is 2.46. The molecule has 17 heavy (non-hydrogen) atoms. The van der Waals surface area contributed by atoms with E-state index in [2.05, 4.69) is 4.90 Å². The van der Waals surface area contributed by atoms with Gasteiger partial charge in [0.2, 0.25) is 0 Å². The Kier molecular flexibility index (Phi) is 4.74. The van der Waals surface area contributed by atoms with E-state index in [4.69, 9.17) is 5.11 Å². The summed E-state index contributed by atoms with van der Waals surface area (Å²) < 4.78 is 0. The quantitative estimate of drug-likeness (QED) is 0.678. The summed E-state index contributed by atoms with van der Waals surface area (Å²) in [6.07, 6.45) is 6.63. The van der Waals surface area contributed by atoms with Crippen LogP contribution >= 0.6 is 11.8 Å². The lowest BCUT2D eigenvalue weighted by Gasteiger charge is -2.15. The van der Waals surface area contributed by atoms with Gasteiger partial charge in [0.25, 0.3) is 0 Å². The second-order valence-corrected chi connectivity index (χ2v) is 6.63. The fourth-order valence-electron chi connectivity index (χ4n) is 2.55. The number of aliphatic carboxylic acids is 1. The Labute approximate surface area is 108 Å². The van der Waals surface area contributed by atoms with E-state index in [1.54, 1.807) is 0 Å². The summed E-state index contributed by atoms with van der Waals surface area (Å²) in [7, 11) is 0. The molecule has 2 rings (SSSR count). The monoisotopic (exact) mass is 257 g/mol. The lowest BCUT2D eigenvalue weighted by molar-refractivity contribution is -0.138. The average Bonchev–Trinajstić information content (AvgIpc) is 2.83. The fourth-order valence-corrected chi connectivity index (χ4v) is 3.86. The molecule has 2 fully saturated rings. The summed E-state index contributed by atoms with van der Waals surface area (Å²) in [5, 5.41) is 8.82. The van der Waals surface area contributed by atoms with Crippen molar-refractivity contribution in [1.82, 2.24) is 4.90 Å². The van der Waals surface area contributed by atoms with Crippen LogP contribution in [0.15, 0.2) is 0 Å². The Bertz CT molecular complexity index is 260. The van der Waals surface area contributed by atoms with Crippen molar-refractivity contribution >= 4 is 17.7 Å². The van der Waals surface area contributed by atoms with E-state index < -0.39 is 5.97 Å². The molecule has 1 saturated heterocycles. The average molecular weight is 257 g/mol. The molecule has 0 aromatic rings. The number of hydrogen-bond donors (Lipinski definition) is 1. The molecule has 0 aromatic heterocycles. The SMILES string of the molecule is O=C(O)CC1(CSCCCN2CCCC2)CC1. The van der Waals surface area contributed by atoms with Gasteiger partial charge in [-0.15, -0.1) is 0 Å². The van der Waals surface area contributed by atoms with Crippen LogP contribution in [0.3, 0.4) is 0 Å². The van der Waals surface area contributed by atoms with Crippen molar-refractivity contribution in [3.8, 4) is 0 Å². The Morgan fingerprint density at radius 1 is 1.29 bits per heavy atom. The minimum absolute atomic E-state index is 0.171. The summed E-state index contributed by atoms with van der Waals surface area (Å²) >= 11 is 1.96. The highest BCUT2D eigenvalue weighted by Crippen LogP contribution is 2.51. The zero-order valence-corrected chi connectivity index (χ0v) is 11.3. The number of carbonyl (C=O) groups is 1. The van der Waals surface area contributed by atoms with Crippen LogP contribution in [-0.4, -0.2) is 47.1 Å². The van der Waals surface area contributed by atoms with Crippen LogP contribution in [0.1, 0.15) is 38.5 Å². The molecule has 0 radical (unpaired) electrons.